The van der Waals surface area contributed by atoms with Crippen LogP contribution in [0, 0.1) is 30.1 Å². The molecule has 8 heteroatoms. The van der Waals surface area contributed by atoms with Crippen molar-refractivity contribution in [3.8, 4) is 5.69 Å². The van der Waals surface area contributed by atoms with Gasteiger partial charge < -0.3 is 5.32 Å². The van der Waals surface area contributed by atoms with Crippen molar-refractivity contribution in [1.82, 2.24) is 15.1 Å². The third-order valence-electron chi connectivity index (χ3n) is 8.54. The second kappa shape index (κ2) is 7.57. The molecule has 2 aromatic heterocycles. The molecule has 1 amide bonds. The molecule has 4 bridgehead atoms. The van der Waals surface area contributed by atoms with Gasteiger partial charge in [0.25, 0.3) is 5.91 Å². The number of hydrogen-bond donors (Lipinski definition) is 1. The molecule has 7 rings (SSSR count). The number of carbonyl (C=O) groups is 1. The van der Waals surface area contributed by atoms with E-state index in [1.54, 1.807) is 6.07 Å². The van der Waals surface area contributed by atoms with Gasteiger partial charge in [-0.2, -0.15) is 18.3 Å². The van der Waals surface area contributed by atoms with Gasteiger partial charge in [-0.15, -0.1) is 11.3 Å². The molecule has 2 heterocycles. The molecule has 0 saturated heterocycles. The van der Waals surface area contributed by atoms with Crippen LogP contribution in [0.4, 0.5) is 13.2 Å². The Bertz CT molecular complexity index is 1240. The molecule has 0 radical (unpaired) electrons. The van der Waals surface area contributed by atoms with Crippen molar-refractivity contribution >= 4 is 27.5 Å². The third-order valence-corrected chi connectivity index (χ3v) is 9.65. The minimum atomic E-state index is -4.43. The number of nitrogens with zero attached hydrogens (tertiary/aromatic N) is 2. The second-order valence-corrected chi connectivity index (χ2v) is 11.9. The summed E-state index contributed by atoms with van der Waals surface area (Å²) in [7, 11) is 0. The molecule has 1 N–H and O–H groups in total. The van der Waals surface area contributed by atoms with Crippen LogP contribution in [-0.4, -0.2) is 21.7 Å². The van der Waals surface area contributed by atoms with Gasteiger partial charge >= 0.3 is 6.18 Å². The Morgan fingerprint density at radius 3 is 2.41 bits per heavy atom. The zero-order chi connectivity index (χ0) is 23.8. The van der Waals surface area contributed by atoms with Crippen LogP contribution in [0.1, 0.15) is 66.4 Å². The highest BCUT2D eigenvalue weighted by atomic mass is 32.1. The highest BCUT2D eigenvalue weighted by molar-refractivity contribution is 7.20. The number of benzene rings is 1. The van der Waals surface area contributed by atoms with Crippen LogP contribution in [-0.2, 0) is 6.18 Å². The number of thiophene rings is 1. The molecule has 4 aliphatic carbocycles. The minimum Gasteiger partial charge on any atom is -0.348 e. The van der Waals surface area contributed by atoms with Crippen molar-refractivity contribution in [3.05, 3.63) is 46.5 Å². The van der Waals surface area contributed by atoms with E-state index in [1.165, 1.54) is 60.6 Å². The molecule has 4 aliphatic rings. The van der Waals surface area contributed by atoms with E-state index in [1.807, 2.05) is 13.0 Å². The molecule has 0 aliphatic heterocycles. The lowest BCUT2D eigenvalue weighted by molar-refractivity contribution is -0.137. The SMILES string of the molecule is Cc1nn(-c2cccc(C(F)(F)F)c2)c2sc(C(=O)N[C@H](C)C34CC5CC(CC(C5)C3)C4)cc12. The molecule has 1 aromatic carbocycles. The van der Waals surface area contributed by atoms with Gasteiger partial charge in [-0.3, -0.25) is 4.79 Å². The topological polar surface area (TPSA) is 46.9 Å². The summed E-state index contributed by atoms with van der Waals surface area (Å²) in [5.74, 6) is 2.35. The third kappa shape index (κ3) is 3.56. The Morgan fingerprint density at radius 2 is 1.79 bits per heavy atom. The molecular weight excluding hydrogens is 459 g/mol. The van der Waals surface area contributed by atoms with Gasteiger partial charge in [-0.25, -0.2) is 4.68 Å². The first-order chi connectivity index (χ1) is 16.1. The van der Waals surface area contributed by atoms with Gasteiger partial charge in [-0.05, 0) is 99.8 Å². The number of nitrogens with one attached hydrogen (secondary N) is 1. The molecule has 4 fully saturated rings. The second-order valence-electron chi connectivity index (χ2n) is 10.8. The number of aromatic nitrogens is 2. The Labute approximate surface area is 200 Å². The van der Waals surface area contributed by atoms with Crippen molar-refractivity contribution in [3.63, 3.8) is 0 Å². The van der Waals surface area contributed by atoms with Crippen LogP contribution in [0.15, 0.2) is 30.3 Å². The monoisotopic (exact) mass is 487 g/mol. The number of carbonyl (C=O) groups excluding carboxylic acids is 1. The summed E-state index contributed by atoms with van der Waals surface area (Å²) in [6.45, 7) is 3.98. The number of amides is 1. The first-order valence-electron chi connectivity index (χ1n) is 12.1. The summed E-state index contributed by atoms with van der Waals surface area (Å²) in [4.78, 5) is 14.5. The first kappa shape index (κ1) is 22.1. The normalized spacial score (nSPS) is 29.0. The van der Waals surface area contributed by atoms with Crippen LogP contribution in [0.25, 0.3) is 15.9 Å². The molecule has 34 heavy (non-hydrogen) atoms. The number of hydrogen-bond acceptors (Lipinski definition) is 3. The fourth-order valence-electron chi connectivity index (χ4n) is 7.28. The van der Waals surface area contributed by atoms with Gasteiger partial charge in [0.15, 0.2) is 0 Å². The standard InChI is InChI=1S/C26H28F3N3OS/c1-14-21-10-22(34-24(21)32(31-14)20-5-3-4-19(9-20)26(27,28)29)23(33)30-15(2)25-11-16-6-17(12-25)8-18(7-16)13-25/h3-5,9-10,15-18H,6-8,11-13H2,1-2H3,(H,30,33)/t15-,16?,17?,18?,25?/m1/s1. The van der Waals surface area contributed by atoms with Crippen molar-refractivity contribution in [1.29, 1.82) is 0 Å². The number of aryl methyl sites for hydroxylation is 1. The zero-order valence-corrected chi connectivity index (χ0v) is 20.1. The van der Waals surface area contributed by atoms with Crippen molar-refractivity contribution in [2.24, 2.45) is 23.2 Å². The summed E-state index contributed by atoms with van der Waals surface area (Å²) in [5, 5.41) is 8.57. The van der Waals surface area contributed by atoms with Gasteiger partial charge in [0.05, 0.1) is 21.8 Å². The highest BCUT2D eigenvalue weighted by Crippen LogP contribution is 2.61. The van der Waals surface area contributed by atoms with E-state index in [2.05, 4.69) is 17.3 Å². The Balaban J connectivity index is 1.27. The van der Waals surface area contributed by atoms with E-state index >= 15 is 0 Å². The molecule has 180 valence electrons. The largest absolute Gasteiger partial charge is 0.416 e. The molecular formula is C26H28F3N3OS. The van der Waals surface area contributed by atoms with Gasteiger partial charge in [0.2, 0.25) is 0 Å². The lowest BCUT2D eigenvalue weighted by atomic mass is 9.48. The maximum atomic E-state index is 13.3. The lowest BCUT2D eigenvalue weighted by Gasteiger charge is -2.59. The van der Waals surface area contributed by atoms with Crippen molar-refractivity contribution < 1.29 is 18.0 Å². The maximum absolute atomic E-state index is 13.3. The quantitative estimate of drug-likeness (QED) is 0.443. The Kier molecular flexibility index (Phi) is 4.93. The summed E-state index contributed by atoms with van der Waals surface area (Å²) in [5.41, 5.74) is 0.525. The van der Waals surface area contributed by atoms with E-state index < -0.39 is 11.7 Å². The fourth-order valence-corrected chi connectivity index (χ4v) is 8.36. The van der Waals surface area contributed by atoms with E-state index in [-0.39, 0.29) is 17.4 Å². The first-order valence-corrected chi connectivity index (χ1v) is 12.9. The fraction of sp³-hybridized carbons (Fsp3) is 0.538. The molecule has 1 atom stereocenters. The predicted octanol–water partition coefficient (Wildman–Crippen LogP) is 6.75. The van der Waals surface area contributed by atoms with E-state index in [4.69, 9.17) is 0 Å². The average molecular weight is 488 g/mol. The van der Waals surface area contributed by atoms with Crippen LogP contribution >= 0.6 is 11.3 Å². The Morgan fingerprint density at radius 1 is 1.15 bits per heavy atom. The minimum absolute atomic E-state index is 0.0977. The Hall–Kier alpha value is -2.35. The predicted molar refractivity (Wildman–Crippen MR) is 126 cm³/mol. The maximum Gasteiger partial charge on any atom is 0.416 e. The van der Waals surface area contributed by atoms with Crippen molar-refractivity contribution in [2.75, 3.05) is 0 Å². The summed E-state index contributed by atoms with van der Waals surface area (Å²) in [6.07, 6.45) is 3.32. The molecule has 4 nitrogen and oxygen atoms in total. The lowest BCUT2D eigenvalue weighted by Crippen LogP contribution is -2.55. The van der Waals surface area contributed by atoms with Crippen LogP contribution < -0.4 is 5.32 Å². The van der Waals surface area contributed by atoms with E-state index in [9.17, 15) is 18.0 Å². The summed E-state index contributed by atoms with van der Waals surface area (Å²) >= 11 is 1.29. The van der Waals surface area contributed by atoms with Gasteiger partial charge in [-0.1, -0.05) is 6.07 Å². The smallest absolute Gasteiger partial charge is 0.348 e. The van der Waals surface area contributed by atoms with E-state index in [0.717, 1.165) is 35.3 Å². The number of halogens is 3. The summed E-state index contributed by atoms with van der Waals surface area (Å²) < 4.78 is 41.2. The molecule has 0 unspecified atom stereocenters. The average Bonchev–Trinajstić information content (AvgIpc) is 3.33. The number of rotatable bonds is 4. The van der Waals surface area contributed by atoms with Crippen molar-refractivity contribution in [2.45, 2.75) is 64.6 Å². The highest BCUT2D eigenvalue weighted by Gasteiger charge is 2.53. The summed E-state index contributed by atoms with van der Waals surface area (Å²) in [6, 6.07) is 7.08. The van der Waals surface area contributed by atoms with Gasteiger partial charge in [0.1, 0.15) is 4.83 Å². The molecule has 4 saturated carbocycles. The number of fused-ring (bicyclic) bond motifs is 1. The molecule has 3 aromatic rings. The zero-order valence-electron chi connectivity index (χ0n) is 19.3. The molecule has 0 spiro atoms. The van der Waals surface area contributed by atoms with Crippen LogP contribution in [0.3, 0.4) is 0 Å². The number of alkyl halides is 3. The van der Waals surface area contributed by atoms with Crippen LogP contribution in [0.2, 0.25) is 0 Å². The van der Waals surface area contributed by atoms with Crippen LogP contribution in [0.5, 0.6) is 0 Å². The van der Waals surface area contributed by atoms with E-state index in [0.29, 0.717) is 21.1 Å². The van der Waals surface area contributed by atoms with Gasteiger partial charge in [0, 0.05) is 11.4 Å².